The van der Waals surface area contributed by atoms with E-state index < -0.39 is 11.0 Å². The van der Waals surface area contributed by atoms with E-state index in [1.807, 2.05) is 6.92 Å². The number of hydrogen-bond acceptors (Lipinski definition) is 6. The zero-order valence-electron chi connectivity index (χ0n) is 12.5. The van der Waals surface area contributed by atoms with Gasteiger partial charge >= 0.3 is 11.7 Å². The second kappa shape index (κ2) is 6.11. The van der Waals surface area contributed by atoms with Crippen molar-refractivity contribution in [1.29, 1.82) is 0 Å². The van der Waals surface area contributed by atoms with Gasteiger partial charge in [0.1, 0.15) is 11.7 Å². The van der Waals surface area contributed by atoms with Crippen molar-refractivity contribution in [2.75, 3.05) is 18.6 Å². The van der Waals surface area contributed by atoms with Crippen LogP contribution in [0.5, 0.6) is 0 Å². The molecule has 0 bridgehead atoms. The number of hydrogen-bond donors (Lipinski definition) is 0. The van der Waals surface area contributed by atoms with Gasteiger partial charge in [0.25, 0.3) is 0 Å². The molecule has 1 fully saturated rings. The molecule has 0 radical (unpaired) electrons. The third kappa shape index (κ3) is 2.70. The fourth-order valence-electron chi connectivity index (χ4n) is 2.87. The predicted octanol–water partition coefficient (Wildman–Crippen LogP) is 1.42. The topological polar surface area (TPSA) is 90.5 Å². The summed E-state index contributed by atoms with van der Waals surface area (Å²) < 4.78 is 6.33. The summed E-state index contributed by atoms with van der Waals surface area (Å²) in [6, 6.07) is -0.484. The Bertz CT molecular complexity index is 555. The summed E-state index contributed by atoms with van der Waals surface area (Å²) in [5.74, 6) is 0.0372. The third-order valence-electron chi connectivity index (χ3n) is 3.83. The number of anilines is 1. The largest absolute Gasteiger partial charge is 0.467 e. The van der Waals surface area contributed by atoms with Crippen LogP contribution in [0.1, 0.15) is 31.9 Å². The minimum absolute atomic E-state index is 0.00389. The number of methoxy groups -OCH3 is 1. The SMILES string of the molecule is CCc1nn(C)c(N2CCCCC2C(=O)OC)c1[N+](=O)[O-]. The van der Waals surface area contributed by atoms with Gasteiger partial charge < -0.3 is 9.64 Å². The van der Waals surface area contributed by atoms with Crippen molar-refractivity contribution < 1.29 is 14.5 Å². The van der Waals surface area contributed by atoms with Crippen molar-refractivity contribution in [3.8, 4) is 0 Å². The van der Waals surface area contributed by atoms with E-state index in [4.69, 9.17) is 4.74 Å². The lowest BCUT2D eigenvalue weighted by Gasteiger charge is -2.34. The highest BCUT2D eigenvalue weighted by Crippen LogP contribution is 2.35. The lowest BCUT2D eigenvalue weighted by molar-refractivity contribution is -0.384. The molecule has 8 nitrogen and oxygen atoms in total. The molecule has 0 aromatic carbocycles. The Morgan fingerprint density at radius 3 is 2.81 bits per heavy atom. The molecule has 0 amide bonds. The molecular weight excluding hydrogens is 276 g/mol. The maximum absolute atomic E-state index is 12.0. The van der Waals surface area contributed by atoms with Gasteiger partial charge in [0.2, 0.25) is 5.82 Å². The van der Waals surface area contributed by atoms with Gasteiger partial charge in [0, 0.05) is 13.6 Å². The van der Waals surface area contributed by atoms with Gasteiger partial charge in [0.15, 0.2) is 0 Å². The number of carbonyl (C=O) groups is 1. The molecule has 0 aliphatic carbocycles. The Kier molecular flexibility index (Phi) is 4.44. The summed E-state index contributed by atoms with van der Waals surface area (Å²) in [6.45, 7) is 2.41. The van der Waals surface area contributed by atoms with Crippen molar-refractivity contribution in [3.63, 3.8) is 0 Å². The molecule has 1 aromatic rings. The number of aryl methyl sites for hydroxylation is 2. The van der Waals surface area contributed by atoms with Crippen molar-refractivity contribution >= 4 is 17.5 Å². The molecular formula is C13H20N4O4. The molecule has 1 aromatic heterocycles. The van der Waals surface area contributed by atoms with Crippen molar-refractivity contribution in [3.05, 3.63) is 15.8 Å². The van der Waals surface area contributed by atoms with E-state index in [0.29, 0.717) is 30.9 Å². The van der Waals surface area contributed by atoms with Gasteiger partial charge in [-0.1, -0.05) is 6.92 Å². The first-order valence-corrected chi connectivity index (χ1v) is 7.06. The lowest BCUT2D eigenvalue weighted by atomic mass is 10.0. The van der Waals surface area contributed by atoms with Crippen molar-refractivity contribution in [2.24, 2.45) is 7.05 Å². The first-order chi connectivity index (χ1) is 10.0. The molecule has 1 aliphatic heterocycles. The molecule has 0 saturated carbocycles. The zero-order valence-corrected chi connectivity index (χ0v) is 12.5. The lowest BCUT2D eigenvalue weighted by Crippen LogP contribution is -2.46. The third-order valence-corrected chi connectivity index (χ3v) is 3.83. The number of carbonyl (C=O) groups excluding carboxylic acids is 1. The van der Waals surface area contributed by atoms with Crippen LogP contribution < -0.4 is 4.90 Å². The number of nitrogens with zero attached hydrogens (tertiary/aromatic N) is 4. The summed E-state index contributed by atoms with van der Waals surface area (Å²) >= 11 is 0. The maximum Gasteiger partial charge on any atom is 0.334 e. The molecule has 1 aliphatic rings. The van der Waals surface area contributed by atoms with Crippen molar-refractivity contribution in [1.82, 2.24) is 9.78 Å². The van der Waals surface area contributed by atoms with Crippen LogP contribution in [0.15, 0.2) is 0 Å². The van der Waals surface area contributed by atoms with Crippen LogP contribution in [0.25, 0.3) is 0 Å². The Labute approximate surface area is 122 Å². The summed E-state index contributed by atoms with van der Waals surface area (Å²) in [4.78, 5) is 24.7. The van der Waals surface area contributed by atoms with E-state index in [-0.39, 0.29) is 11.7 Å². The monoisotopic (exact) mass is 296 g/mol. The molecule has 0 N–H and O–H groups in total. The van der Waals surface area contributed by atoms with Gasteiger partial charge in [-0.25, -0.2) is 9.48 Å². The van der Waals surface area contributed by atoms with Gasteiger partial charge in [-0.2, -0.15) is 5.10 Å². The van der Waals surface area contributed by atoms with E-state index in [1.165, 1.54) is 11.8 Å². The number of rotatable bonds is 4. The molecule has 1 atom stereocenters. The van der Waals surface area contributed by atoms with Crippen LogP contribution in [0.3, 0.4) is 0 Å². The van der Waals surface area contributed by atoms with E-state index in [2.05, 4.69) is 5.10 Å². The minimum atomic E-state index is -0.484. The van der Waals surface area contributed by atoms with Crippen LogP contribution in [-0.2, 0) is 23.0 Å². The summed E-state index contributed by atoms with van der Waals surface area (Å²) in [5, 5.41) is 15.6. The smallest absolute Gasteiger partial charge is 0.334 e. The van der Waals surface area contributed by atoms with Crippen LogP contribution in [0.2, 0.25) is 0 Å². The standard InChI is InChI=1S/C13H20N4O4/c1-4-9-11(17(19)20)12(15(2)14-9)16-8-6-5-7-10(16)13(18)21-3/h10H,4-8H2,1-3H3. The van der Waals surface area contributed by atoms with Gasteiger partial charge in [0.05, 0.1) is 12.0 Å². The maximum atomic E-state index is 12.0. The molecule has 2 rings (SSSR count). The zero-order chi connectivity index (χ0) is 15.6. The highest BCUT2D eigenvalue weighted by molar-refractivity contribution is 5.81. The second-order valence-electron chi connectivity index (χ2n) is 5.08. The van der Waals surface area contributed by atoms with Crippen molar-refractivity contribution in [2.45, 2.75) is 38.6 Å². The van der Waals surface area contributed by atoms with E-state index in [1.54, 1.807) is 11.9 Å². The van der Waals surface area contributed by atoms with Crippen LogP contribution >= 0.6 is 0 Å². The summed E-state index contributed by atoms with van der Waals surface area (Å²) in [6.07, 6.45) is 2.90. The Hall–Kier alpha value is -2.12. The van der Waals surface area contributed by atoms with Crippen LogP contribution in [0, 0.1) is 10.1 Å². The Morgan fingerprint density at radius 2 is 2.24 bits per heavy atom. The molecule has 21 heavy (non-hydrogen) atoms. The number of aromatic nitrogens is 2. The molecule has 1 unspecified atom stereocenters. The summed E-state index contributed by atoms with van der Waals surface area (Å²) in [7, 11) is 3.01. The number of esters is 1. The number of ether oxygens (including phenoxy) is 1. The Balaban J connectivity index is 2.50. The average molecular weight is 296 g/mol. The van der Waals surface area contributed by atoms with E-state index in [9.17, 15) is 14.9 Å². The molecule has 8 heteroatoms. The highest BCUT2D eigenvalue weighted by Gasteiger charge is 2.37. The Morgan fingerprint density at radius 1 is 1.52 bits per heavy atom. The van der Waals surface area contributed by atoms with Crippen LogP contribution in [0.4, 0.5) is 11.5 Å². The minimum Gasteiger partial charge on any atom is -0.467 e. The highest BCUT2D eigenvalue weighted by atomic mass is 16.6. The number of nitro groups is 1. The normalized spacial score (nSPS) is 18.6. The first kappa shape index (κ1) is 15.3. The first-order valence-electron chi connectivity index (χ1n) is 7.06. The van der Waals surface area contributed by atoms with E-state index in [0.717, 1.165) is 12.8 Å². The molecule has 1 saturated heterocycles. The second-order valence-corrected chi connectivity index (χ2v) is 5.08. The van der Waals surface area contributed by atoms with Gasteiger partial charge in [-0.3, -0.25) is 10.1 Å². The molecule has 116 valence electrons. The average Bonchev–Trinajstić information content (AvgIpc) is 2.83. The predicted molar refractivity (Wildman–Crippen MR) is 76.2 cm³/mol. The fourth-order valence-corrected chi connectivity index (χ4v) is 2.87. The van der Waals surface area contributed by atoms with Gasteiger partial charge in [-0.05, 0) is 25.7 Å². The van der Waals surface area contributed by atoms with Crippen LogP contribution in [-0.4, -0.2) is 40.4 Å². The quantitative estimate of drug-likeness (QED) is 0.474. The van der Waals surface area contributed by atoms with E-state index >= 15 is 0 Å². The molecule has 0 spiro atoms. The van der Waals surface area contributed by atoms with Gasteiger partial charge in [-0.15, -0.1) is 0 Å². The summed E-state index contributed by atoms with van der Waals surface area (Å²) in [5.41, 5.74) is 0.433. The number of piperidine rings is 1. The fraction of sp³-hybridized carbons (Fsp3) is 0.692. The molecule has 2 heterocycles.